The van der Waals surface area contributed by atoms with Crippen molar-refractivity contribution in [1.29, 1.82) is 0 Å². The highest BCUT2D eigenvalue weighted by atomic mass is 35.5. The van der Waals surface area contributed by atoms with Crippen molar-refractivity contribution in [2.75, 3.05) is 12.0 Å². The summed E-state index contributed by atoms with van der Waals surface area (Å²) in [5.74, 6) is -0.790. The molecule has 0 aromatic heterocycles. The Kier molecular flexibility index (Phi) is 8.64. The van der Waals surface area contributed by atoms with Crippen LogP contribution < -0.4 is 0 Å². The van der Waals surface area contributed by atoms with Gasteiger partial charge in [-0.2, -0.15) is 0 Å². The van der Waals surface area contributed by atoms with E-state index in [1.807, 2.05) is 0 Å². The van der Waals surface area contributed by atoms with E-state index in [2.05, 4.69) is 13.2 Å². The predicted octanol–water partition coefficient (Wildman–Crippen LogP) is 3.56. The van der Waals surface area contributed by atoms with Gasteiger partial charge in [0.1, 0.15) is 0 Å². The maximum absolute atomic E-state index is 10.3. The predicted molar refractivity (Wildman–Crippen MR) is 72.2 cm³/mol. The monoisotopic (exact) mass is 277 g/mol. The van der Waals surface area contributed by atoms with E-state index in [0.29, 0.717) is 18.5 Å². The average molecular weight is 278 g/mol. The van der Waals surface area contributed by atoms with Crippen molar-refractivity contribution in [3.05, 3.63) is 36.6 Å². The topological polar surface area (TPSA) is 40.5 Å². The fraction of sp³-hybridized carbons (Fsp3) is 0.417. The molecule has 17 heavy (non-hydrogen) atoms. The van der Waals surface area contributed by atoms with Gasteiger partial charge < -0.3 is 10.0 Å². The number of carbonyl (C=O) groups is 1. The van der Waals surface area contributed by atoms with Crippen molar-refractivity contribution in [1.82, 2.24) is 4.90 Å². The Morgan fingerprint density at radius 1 is 1.18 bits per heavy atom. The van der Waals surface area contributed by atoms with E-state index in [1.54, 1.807) is 17.1 Å². The van der Waals surface area contributed by atoms with Crippen LogP contribution in [0.15, 0.2) is 36.6 Å². The maximum atomic E-state index is 10.3. The van der Waals surface area contributed by atoms with Gasteiger partial charge in [-0.15, -0.1) is 23.2 Å². The summed E-state index contributed by atoms with van der Waals surface area (Å²) >= 11 is 11.3. The van der Waals surface area contributed by atoms with Gasteiger partial charge in [0.15, 0.2) is 0 Å². The lowest BCUT2D eigenvalue weighted by atomic mass is 10.1. The van der Waals surface area contributed by atoms with Crippen molar-refractivity contribution < 1.29 is 9.90 Å². The Labute approximate surface area is 112 Å². The van der Waals surface area contributed by atoms with E-state index in [0.717, 1.165) is 5.57 Å². The number of allylic oxidation sites excluding steroid dienone is 3. The van der Waals surface area contributed by atoms with Crippen molar-refractivity contribution in [2.45, 2.75) is 19.3 Å². The molecule has 0 fully saturated rings. The fourth-order valence-corrected chi connectivity index (χ4v) is 1.62. The number of carboxylic acid groups (broad SMARTS) is 1. The van der Waals surface area contributed by atoms with Gasteiger partial charge in [0, 0.05) is 12.1 Å². The van der Waals surface area contributed by atoms with E-state index < -0.39 is 5.97 Å². The van der Waals surface area contributed by atoms with Crippen LogP contribution in [0.2, 0.25) is 0 Å². The second kappa shape index (κ2) is 9.14. The molecule has 0 aliphatic rings. The summed E-state index contributed by atoms with van der Waals surface area (Å²) in [7, 11) is 0. The minimum atomic E-state index is -0.790. The van der Waals surface area contributed by atoms with Crippen LogP contribution in [0.3, 0.4) is 0 Å². The zero-order valence-corrected chi connectivity index (χ0v) is 11.2. The van der Waals surface area contributed by atoms with E-state index >= 15 is 0 Å². The van der Waals surface area contributed by atoms with Gasteiger partial charge in [0.25, 0.3) is 0 Å². The molecule has 0 spiro atoms. The Balaban J connectivity index is 4.02. The van der Waals surface area contributed by atoms with Crippen LogP contribution >= 0.6 is 23.2 Å². The fourth-order valence-electron chi connectivity index (χ4n) is 1.05. The molecular formula is C12H17Cl2NO2. The van der Waals surface area contributed by atoms with Gasteiger partial charge in [0.2, 0.25) is 0 Å². The molecule has 5 heteroatoms. The third-order valence-electron chi connectivity index (χ3n) is 2.09. The first-order chi connectivity index (χ1) is 8.01. The van der Waals surface area contributed by atoms with Gasteiger partial charge in [-0.1, -0.05) is 24.8 Å². The summed E-state index contributed by atoms with van der Waals surface area (Å²) in [5, 5.41) is 8.48. The second-order valence-corrected chi connectivity index (χ2v) is 3.99. The summed E-state index contributed by atoms with van der Waals surface area (Å²) in [4.78, 5) is 12.0. The molecule has 3 nitrogen and oxygen atoms in total. The van der Waals surface area contributed by atoms with Crippen molar-refractivity contribution in [3.8, 4) is 0 Å². The van der Waals surface area contributed by atoms with E-state index in [1.165, 1.54) is 0 Å². The van der Waals surface area contributed by atoms with Crippen LogP contribution in [-0.4, -0.2) is 28.0 Å². The largest absolute Gasteiger partial charge is 0.481 e. The molecule has 0 aliphatic carbocycles. The molecule has 0 radical (unpaired) electrons. The number of hydrogen-bond donors (Lipinski definition) is 1. The number of hydrogen-bond acceptors (Lipinski definition) is 2. The Morgan fingerprint density at radius 3 is 2.24 bits per heavy atom. The first-order valence-corrected chi connectivity index (χ1v) is 6.21. The van der Waals surface area contributed by atoms with Crippen LogP contribution in [-0.2, 0) is 4.79 Å². The Bertz CT molecular complexity index is 310. The molecule has 0 bridgehead atoms. The molecule has 0 rings (SSSR count). The third-order valence-corrected chi connectivity index (χ3v) is 2.67. The molecule has 96 valence electrons. The molecule has 0 saturated carbocycles. The highest BCUT2D eigenvalue weighted by Gasteiger charge is 2.01. The van der Waals surface area contributed by atoms with Crippen molar-refractivity contribution >= 4 is 29.2 Å². The standard InChI is InChI=1S/C12H17Cl2NO2/c1-10(4-3-5-12(16)17)6-7-11(2)15(8-13)9-14/h6-7H,1-5,8-9H2,(H,16,17)/b7-6-. The van der Waals surface area contributed by atoms with Gasteiger partial charge in [0.05, 0.1) is 12.0 Å². The minimum absolute atomic E-state index is 0.156. The zero-order chi connectivity index (χ0) is 13.3. The molecule has 0 unspecified atom stereocenters. The van der Waals surface area contributed by atoms with E-state index in [9.17, 15) is 4.79 Å². The molecule has 0 aromatic carbocycles. The highest BCUT2D eigenvalue weighted by Crippen LogP contribution is 2.11. The molecule has 0 aliphatic heterocycles. The zero-order valence-electron chi connectivity index (χ0n) is 9.66. The maximum Gasteiger partial charge on any atom is 0.303 e. The molecule has 0 heterocycles. The number of aliphatic carboxylic acids is 1. The summed E-state index contributed by atoms with van der Waals surface area (Å²) in [6, 6.07) is 0.552. The van der Waals surface area contributed by atoms with Crippen LogP contribution in [0.5, 0.6) is 0 Å². The van der Waals surface area contributed by atoms with Gasteiger partial charge >= 0.3 is 5.97 Å². The summed E-state index contributed by atoms with van der Waals surface area (Å²) in [6.07, 6.45) is 4.96. The first kappa shape index (κ1) is 16.1. The molecule has 0 amide bonds. The number of halogens is 2. The molecule has 0 saturated heterocycles. The number of rotatable bonds is 9. The van der Waals surface area contributed by atoms with E-state index in [4.69, 9.17) is 28.3 Å². The minimum Gasteiger partial charge on any atom is -0.481 e. The molecular weight excluding hydrogens is 261 g/mol. The third kappa shape index (κ3) is 7.88. The van der Waals surface area contributed by atoms with Crippen LogP contribution in [0.1, 0.15) is 19.3 Å². The normalized spacial score (nSPS) is 10.5. The summed E-state index contributed by atoms with van der Waals surface area (Å²) in [6.45, 7) is 7.64. The lowest BCUT2D eigenvalue weighted by Crippen LogP contribution is -2.17. The van der Waals surface area contributed by atoms with Gasteiger partial charge in [-0.25, -0.2) is 0 Å². The number of carboxylic acids is 1. The molecule has 0 aromatic rings. The van der Waals surface area contributed by atoms with Crippen LogP contribution in [0, 0.1) is 0 Å². The lowest BCUT2D eigenvalue weighted by molar-refractivity contribution is -0.137. The number of nitrogens with zero attached hydrogens (tertiary/aromatic N) is 1. The molecule has 0 atom stereocenters. The van der Waals surface area contributed by atoms with Crippen LogP contribution in [0.4, 0.5) is 0 Å². The SMILES string of the molecule is C=C(/C=C\C(=C)N(CCl)CCl)CCCC(=O)O. The summed E-state index contributed by atoms with van der Waals surface area (Å²) < 4.78 is 0. The summed E-state index contributed by atoms with van der Waals surface area (Å²) in [5.41, 5.74) is 1.56. The highest BCUT2D eigenvalue weighted by molar-refractivity contribution is 6.20. The van der Waals surface area contributed by atoms with E-state index in [-0.39, 0.29) is 18.4 Å². The van der Waals surface area contributed by atoms with Crippen molar-refractivity contribution in [2.24, 2.45) is 0 Å². The van der Waals surface area contributed by atoms with Gasteiger partial charge in [-0.3, -0.25) is 4.79 Å². The van der Waals surface area contributed by atoms with Crippen LogP contribution in [0.25, 0.3) is 0 Å². The average Bonchev–Trinajstić information content (AvgIpc) is 2.27. The quantitative estimate of drug-likeness (QED) is 0.398. The smallest absolute Gasteiger partial charge is 0.303 e. The van der Waals surface area contributed by atoms with Crippen molar-refractivity contribution in [3.63, 3.8) is 0 Å². The van der Waals surface area contributed by atoms with Gasteiger partial charge in [-0.05, 0) is 18.9 Å². The Hall–Kier alpha value is -0.930. The second-order valence-electron chi connectivity index (χ2n) is 3.51. The molecule has 1 N–H and O–H groups in total. The number of alkyl halides is 2. The first-order valence-electron chi connectivity index (χ1n) is 5.14. The lowest BCUT2D eigenvalue weighted by Gasteiger charge is -2.18. The Morgan fingerprint density at radius 2 is 1.76 bits per heavy atom.